The third-order valence-corrected chi connectivity index (χ3v) is 7.50. The number of sulfonamides is 1. The van der Waals surface area contributed by atoms with E-state index in [0.29, 0.717) is 16.5 Å². The summed E-state index contributed by atoms with van der Waals surface area (Å²) in [5.41, 5.74) is 2.84. The van der Waals surface area contributed by atoms with E-state index in [4.69, 9.17) is 16.0 Å². The second kappa shape index (κ2) is 8.27. The monoisotopic (exact) mass is 494 g/mol. The van der Waals surface area contributed by atoms with E-state index in [0.717, 1.165) is 15.4 Å². The van der Waals surface area contributed by atoms with Gasteiger partial charge in [0.05, 0.1) is 11.4 Å². The van der Waals surface area contributed by atoms with Crippen LogP contribution in [0, 0.1) is 13.8 Å². The van der Waals surface area contributed by atoms with Gasteiger partial charge in [0.2, 0.25) is 11.8 Å². The largest absolute Gasteiger partial charge is 0.419 e. The van der Waals surface area contributed by atoms with Crippen LogP contribution in [0.25, 0.3) is 11.5 Å². The Labute approximate surface area is 201 Å². The molecule has 0 saturated carbocycles. The molecule has 0 spiro atoms. The van der Waals surface area contributed by atoms with Gasteiger partial charge in [0.15, 0.2) is 0 Å². The van der Waals surface area contributed by atoms with Crippen LogP contribution in [0.15, 0.2) is 76.0 Å². The summed E-state index contributed by atoms with van der Waals surface area (Å²) in [5.74, 6) is 0.476. The highest BCUT2D eigenvalue weighted by molar-refractivity contribution is 7.94. The van der Waals surface area contributed by atoms with Gasteiger partial charge in [0.1, 0.15) is 11.4 Å². The SMILES string of the molecule is Cc1ccc(-c2nnc(CN3C(=O)N(c4cc(Cl)ccc4C)S(=O)(=O)c4ccccc43)o2)cc1. The van der Waals surface area contributed by atoms with Gasteiger partial charge in [-0.25, -0.2) is 13.2 Å². The third-order valence-electron chi connectivity index (χ3n) is 5.53. The molecule has 0 atom stereocenters. The molecule has 0 radical (unpaired) electrons. The lowest BCUT2D eigenvalue weighted by molar-refractivity contribution is 0.252. The first-order chi connectivity index (χ1) is 16.3. The van der Waals surface area contributed by atoms with Crippen molar-refractivity contribution in [3.05, 3.63) is 88.8 Å². The normalized spacial score (nSPS) is 14.9. The fourth-order valence-electron chi connectivity index (χ4n) is 3.76. The number of anilines is 2. The van der Waals surface area contributed by atoms with Gasteiger partial charge in [-0.1, -0.05) is 47.5 Å². The Morgan fingerprint density at radius 1 is 0.941 bits per heavy atom. The summed E-state index contributed by atoms with van der Waals surface area (Å²) in [5, 5.41) is 8.49. The highest BCUT2D eigenvalue weighted by atomic mass is 35.5. The van der Waals surface area contributed by atoms with E-state index in [9.17, 15) is 13.2 Å². The summed E-state index contributed by atoms with van der Waals surface area (Å²) in [6, 6.07) is 17.9. The number of amides is 2. The standard InChI is InChI=1S/C24H19ClN4O4S/c1-15-7-10-17(11-8-15)23-27-26-22(33-23)14-28-19-5-3-4-6-21(19)34(31,32)29(24(28)30)20-13-18(25)12-9-16(20)2/h3-13H,14H2,1-2H3. The molecule has 1 aliphatic rings. The molecular formula is C24H19ClN4O4S. The first kappa shape index (κ1) is 22.1. The Morgan fingerprint density at radius 2 is 1.68 bits per heavy atom. The zero-order valence-corrected chi connectivity index (χ0v) is 19.8. The molecule has 0 unspecified atom stereocenters. The van der Waals surface area contributed by atoms with E-state index in [1.54, 1.807) is 37.3 Å². The minimum absolute atomic E-state index is 0.00718. The van der Waals surface area contributed by atoms with Crippen molar-refractivity contribution in [1.82, 2.24) is 10.2 Å². The lowest BCUT2D eigenvalue weighted by Gasteiger charge is -2.36. The smallest absolute Gasteiger partial charge is 0.343 e. The average Bonchev–Trinajstić information content (AvgIpc) is 3.28. The van der Waals surface area contributed by atoms with E-state index in [1.807, 2.05) is 31.2 Å². The Kier molecular flexibility index (Phi) is 5.38. The number of carbonyl (C=O) groups excluding carboxylic acids is 1. The molecule has 0 fully saturated rings. The molecule has 3 aromatic carbocycles. The van der Waals surface area contributed by atoms with Crippen molar-refractivity contribution in [3.8, 4) is 11.5 Å². The van der Waals surface area contributed by atoms with Gasteiger partial charge >= 0.3 is 6.03 Å². The molecule has 0 saturated heterocycles. The number of fused-ring (bicyclic) bond motifs is 1. The van der Waals surface area contributed by atoms with E-state index < -0.39 is 16.1 Å². The average molecular weight is 495 g/mol. The Balaban J connectivity index is 1.58. The van der Waals surface area contributed by atoms with Gasteiger partial charge in [0, 0.05) is 10.6 Å². The number of rotatable bonds is 4. The number of para-hydroxylation sites is 1. The van der Waals surface area contributed by atoms with Crippen LogP contribution in [0.5, 0.6) is 0 Å². The summed E-state index contributed by atoms with van der Waals surface area (Å²) < 4.78 is 33.5. The summed E-state index contributed by atoms with van der Waals surface area (Å²) in [7, 11) is -4.17. The van der Waals surface area contributed by atoms with Crippen LogP contribution < -0.4 is 9.21 Å². The predicted octanol–water partition coefficient (Wildman–Crippen LogP) is 5.34. The van der Waals surface area contributed by atoms with Crippen molar-refractivity contribution in [2.24, 2.45) is 0 Å². The van der Waals surface area contributed by atoms with Crippen LogP contribution in [0.1, 0.15) is 17.0 Å². The molecule has 172 valence electrons. The first-order valence-corrected chi connectivity index (χ1v) is 12.2. The second-order valence-electron chi connectivity index (χ2n) is 7.90. The number of benzene rings is 3. The highest BCUT2D eigenvalue weighted by Crippen LogP contribution is 2.39. The van der Waals surface area contributed by atoms with Crippen LogP contribution in [-0.4, -0.2) is 24.6 Å². The number of halogens is 1. The lowest BCUT2D eigenvalue weighted by atomic mass is 10.1. The summed E-state index contributed by atoms with van der Waals surface area (Å²) in [6.07, 6.45) is 0. The fraction of sp³-hybridized carbons (Fsp3) is 0.125. The van der Waals surface area contributed by atoms with Gasteiger partial charge in [0.25, 0.3) is 10.0 Å². The Bertz CT molecular complexity index is 1520. The number of hydrogen-bond acceptors (Lipinski definition) is 6. The molecule has 10 heteroatoms. The molecule has 5 rings (SSSR count). The maximum Gasteiger partial charge on any atom is 0.343 e. The molecule has 34 heavy (non-hydrogen) atoms. The molecule has 0 N–H and O–H groups in total. The second-order valence-corrected chi connectivity index (χ2v) is 10.1. The van der Waals surface area contributed by atoms with Crippen LogP contribution in [0.3, 0.4) is 0 Å². The van der Waals surface area contributed by atoms with Crippen LogP contribution in [0.2, 0.25) is 5.02 Å². The summed E-state index contributed by atoms with van der Waals surface area (Å²) in [4.78, 5) is 14.9. The predicted molar refractivity (Wildman–Crippen MR) is 128 cm³/mol. The highest BCUT2D eigenvalue weighted by Gasteiger charge is 2.43. The van der Waals surface area contributed by atoms with Crippen molar-refractivity contribution in [1.29, 1.82) is 0 Å². The summed E-state index contributed by atoms with van der Waals surface area (Å²) >= 11 is 6.13. The Morgan fingerprint density at radius 3 is 2.44 bits per heavy atom. The van der Waals surface area contributed by atoms with Crippen molar-refractivity contribution in [3.63, 3.8) is 0 Å². The zero-order valence-electron chi connectivity index (χ0n) is 18.3. The lowest BCUT2D eigenvalue weighted by Crippen LogP contribution is -2.51. The maximum absolute atomic E-state index is 13.6. The topological polar surface area (TPSA) is 96.6 Å². The number of aryl methyl sites for hydroxylation is 2. The Hall–Kier alpha value is -3.69. The molecule has 2 amide bonds. The maximum atomic E-state index is 13.6. The van der Waals surface area contributed by atoms with Crippen LogP contribution in [-0.2, 0) is 16.6 Å². The van der Waals surface area contributed by atoms with Gasteiger partial charge in [-0.3, -0.25) is 4.90 Å². The quantitative estimate of drug-likeness (QED) is 0.380. The number of nitrogens with zero attached hydrogens (tertiary/aromatic N) is 4. The van der Waals surface area contributed by atoms with Crippen LogP contribution >= 0.6 is 11.6 Å². The molecule has 1 aromatic heterocycles. The first-order valence-electron chi connectivity index (χ1n) is 10.4. The van der Waals surface area contributed by atoms with E-state index in [-0.39, 0.29) is 28.7 Å². The number of aromatic nitrogens is 2. The summed E-state index contributed by atoms with van der Waals surface area (Å²) in [6.45, 7) is 3.58. The van der Waals surface area contributed by atoms with E-state index >= 15 is 0 Å². The molecule has 8 nitrogen and oxygen atoms in total. The van der Waals surface area contributed by atoms with E-state index in [2.05, 4.69) is 10.2 Å². The fourth-order valence-corrected chi connectivity index (χ4v) is 5.58. The number of urea groups is 1. The molecule has 0 bridgehead atoms. The molecule has 1 aliphatic heterocycles. The van der Waals surface area contributed by atoms with Gasteiger partial charge in [-0.15, -0.1) is 10.2 Å². The van der Waals surface area contributed by atoms with Crippen molar-refractivity contribution >= 4 is 39.0 Å². The number of carbonyl (C=O) groups is 1. The molecule has 4 aromatic rings. The molecule has 0 aliphatic carbocycles. The zero-order chi connectivity index (χ0) is 24.0. The molecule has 2 heterocycles. The van der Waals surface area contributed by atoms with Crippen LogP contribution in [0.4, 0.5) is 16.2 Å². The molecular weight excluding hydrogens is 476 g/mol. The van der Waals surface area contributed by atoms with Gasteiger partial charge < -0.3 is 4.42 Å². The minimum Gasteiger partial charge on any atom is -0.419 e. The minimum atomic E-state index is -4.17. The van der Waals surface area contributed by atoms with Gasteiger partial charge in [-0.2, -0.15) is 4.31 Å². The number of hydrogen-bond donors (Lipinski definition) is 0. The van der Waals surface area contributed by atoms with Gasteiger partial charge in [-0.05, 0) is 55.8 Å². The van der Waals surface area contributed by atoms with Crippen molar-refractivity contribution in [2.45, 2.75) is 25.3 Å². The van der Waals surface area contributed by atoms with Crippen molar-refractivity contribution < 1.29 is 17.6 Å². The van der Waals surface area contributed by atoms with E-state index in [1.165, 1.54) is 17.0 Å². The third kappa shape index (κ3) is 3.72. The van der Waals surface area contributed by atoms with Crippen molar-refractivity contribution in [2.75, 3.05) is 9.21 Å².